The molecule has 0 N–H and O–H groups in total. The van der Waals surface area contributed by atoms with Crippen molar-refractivity contribution in [1.82, 2.24) is 0 Å². The molecule has 0 fully saturated rings. The van der Waals surface area contributed by atoms with Crippen molar-refractivity contribution in [2.45, 2.75) is 13.8 Å². The summed E-state index contributed by atoms with van der Waals surface area (Å²) in [7, 11) is 0. The normalized spacial score (nSPS) is 10.0. The van der Waals surface area contributed by atoms with Gasteiger partial charge in [0.05, 0.1) is 6.61 Å². The van der Waals surface area contributed by atoms with E-state index >= 15 is 0 Å². The molecule has 0 aliphatic carbocycles. The average Bonchev–Trinajstić information content (AvgIpc) is 1.85. The number of ether oxygens (including phenoxy) is 1. The first-order valence-corrected chi connectivity index (χ1v) is 3.94. The molecule has 0 bridgehead atoms. The molecule has 0 aromatic carbocycles. The molecule has 0 amide bonds. The molecule has 0 aromatic heterocycles. The lowest BCUT2D eigenvalue weighted by molar-refractivity contribution is -0.146. The largest absolute Gasteiger partial charge is 0.464 e. The van der Waals surface area contributed by atoms with E-state index in [1.54, 1.807) is 23.0 Å². The summed E-state index contributed by atoms with van der Waals surface area (Å²) in [6, 6.07) is 0. The summed E-state index contributed by atoms with van der Waals surface area (Å²) in [6.07, 6.45) is 0. The fraction of sp³-hybridized carbons (Fsp3) is 0.833. The van der Waals surface area contributed by atoms with Gasteiger partial charge >= 0.3 is 5.97 Å². The summed E-state index contributed by atoms with van der Waals surface area (Å²) in [6.45, 7) is 4.47. The second kappa shape index (κ2) is 5.91. The minimum Gasteiger partial charge on any atom is -0.464 e. The lowest BCUT2D eigenvalue weighted by Crippen LogP contribution is -2.13. The van der Waals surface area contributed by atoms with Crippen molar-refractivity contribution in [2.75, 3.05) is 13.2 Å². The van der Waals surface area contributed by atoms with Gasteiger partial charge < -0.3 is 7.80 Å². The van der Waals surface area contributed by atoms with Gasteiger partial charge in [-0.15, -0.1) is 0 Å². The Hall–Kier alpha value is 0.160. The Balaban J connectivity index is 3.22. The number of hydrogen-bond acceptors (Lipinski definition) is 3. The van der Waals surface area contributed by atoms with Gasteiger partial charge in [0.2, 0.25) is 0 Å². The van der Waals surface area contributed by atoms with Crippen LogP contribution in [0.4, 0.5) is 0 Å². The van der Waals surface area contributed by atoms with Gasteiger partial charge in [-0.3, -0.25) is 0 Å². The monoisotopic (exact) mass is 258 g/mol. The van der Waals surface area contributed by atoms with Crippen LogP contribution in [0.25, 0.3) is 0 Å². The number of hydrogen-bond donors (Lipinski definition) is 0. The molecule has 0 radical (unpaired) electrons. The van der Waals surface area contributed by atoms with E-state index in [0.29, 0.717) is 12.5 Å². The molecule has 60 valence electrons. The third-order valence-corrected chi connectivity index (χ3v) is 1.06. The van der Waals surface area contributed by atoms with Crippen LogP contribution in [-0.2, 0) is 12.6 Å². The van der Waals surface area contributed by atoms with Crippen molar-refractivity contribution in [2.24, 2.45) is 5.92 Å². The molecular formula is C6H11IO3. The summed E-state index contributed by atoms with van der Waals surface area (Å²) >= 11 is 1.66. The number of halogens is 1. The molecule has 0 atom stereocenters. The Morgan fingerprint density at radius 3 is 2.60 bits per heavy atom. The predicted octanol–water partition coefficient (Wildman–Crippen LogP) is 1.55. The number of carbonyl (C=O) groups is 1. The molecule has 3 nitrogen and oxygen atoms in total. The molecule has 0 saturated carbocycles. The Morgan fingerprint density at radius 2 is 2.20 bits per heavy atom. The molecule has 0 aliphatic rings. The van der Waals surface area contributed by atoms with Crippen molar-refractivity contribution in [3.8, 4) is 0 Å². The summed E-state index contributed by atoms with van der Waals surface area (Å²) in [5.74, 6) is 0.0845. The summed E-state index contributed by atoms with van der Waals surface area (Å²) in [5.41, 5.74) is 0. The fourth-order valence-electron chi connectivity index (χ4n) is 0.346. The number of esters is 1. The van der Waals surface area contributed by atoms with Crippen LogP contribution in [0, 0.1) is 5.92 Å². The lowest BCUT2D eigenvalue weighted by Gasteiger charge is -2.04. The highest BCUT2D eigenvalue weighted by Crippen LogP contribution is 1.94. The Bertz CT molecular complexity index is 103. The van der Waals surface area contributed by atoms with Gasteiger partial charge in [-0.25, -0.2) is 4.79 Å². The van der Waals surface area contributed by atoms with E-state index < -0.39 is 0 Å². The second-order valence-electron chi connectivity index (χ2n) is 2.33. The quantitative estimate of drug-likeness (QED) is 0.567. The highest BCUT2D eigenvalue weighted by atomic mass is 127. The first-order valence-electron chi connectivity index (χ1n) is 3.06. The first-order chi connectivity index (χ1) is 4.66. The van der Waals surface area contributed by atoms with Gasteiger partial charge in [-0.05, 0) is 5.92 Å². The standard InChI is InChI=1S/C6H11IO3/c1-5(2)3-9-6(8)4-10-7/h5H,3-4H2,1-2H3. The molecule has 0 spiro atoms. The zero-order valence-corrected chi connectivity index (χ0v) is 8.25. The molecule has 4 heteroatoms. The maximum absolute atomic E-state index is 10.6. The highest BCUT2D eigenvalue weighted by Gasteiger charge is 2.02. The van der Waals surface area contributed by atoms with Crippen LogP contribution in [-0.4, -0.2) is 19.2 Å². The summed E-state index contributed by atoms with van der Waals surface area (Å²) in [4.78, 5) is 10.6. The minimum absolute atomic E-state index is 0.0350. The molecule has 0 rings (SSSR count). The van der Waals surface area contributed by atoms with E-state index in [2.05, 4.69) is 3.07 Å². The predicted molar refractivity (Wildman–Crippen MR) is 45.8 cm³/mol. The maximum Gasteiger partial charge on any atom is 0.333 e. The van der Waals surface area contributed by atoms with Crippen LogP contribution in [0.3, 0.4) is 0 Å². The van der Waals surface area contributed by atoms with E-state index in [1.165, 1.54) is 0 Å². The van der Waals surface area contributed by atoms with E-state index in [9.17, 15) is 4.79 Å². The van der Waals surface area contributed by atoms with Crippen molar-refractivity contribution in [3.63, 3.8) is 0 Å². The van der Waals surface area contributed by atoms with Gasteiger partial charge in [0.25, 0.3) is 0 Å². The van der Waals surface area contributed by atoms with Crippen LogP contribution in [0.1, 0.15) is 13.8 Å². The maximum atomic E-state index is 10.6. The van der Waals surface area contributed by atoms with E-state index in [1.807, 2.05) is 13.8 Å². The van der Waals surface area contributed by atoms with E-state index in [-0.39, 0.29) is 12.6 Å². The van der Waals surface area contributed by atoms with Crippen LogP contribution >= 0.6 is 23.0 Å². The molecule has 0 aliphatic heterocycles. The Kier molecular flexibility index (Phi) is 6.00. The third-order valence-electron chi connectivity index (χ3n) is 0.750. The lowest BCUT2D eigenvalue weighted by atomic mass is 10.2. The number of carbonyl (C=O) groups excluding carboxylic acids is 1. The molecule has 0 unspecified atom stereocenters. The summed E-state index contributed by atoms with van der Waals surface area (Å²) < 4.78 is 9.31. The van der Waals surface area contributed by atoms with Crippen LogP contribution in [0.5, 0.6) is 0 Å². The van der Waals surface area contributed by atoms with Crippen molar-refractivity contribution >= 4 is 29.0 Å². The van der Waals surface area contributed by atoms with Gasteiger partial charge in [0.1, 0.15) is 23.0 Å². The van der Waals surface area contributed by atoms with Gasteiger partial charge in [0.15, 0.2) is 6.61 Å². The van der Waals surface area contributed by atoms with Crippen LogP contribution < -0.4 is 0 Å². The molecule has 0 heterocycles. The van der Waals surface area contributed by atoms with Crippen LogP contribution in [0.15, 0.2) is 0 Å². The summed E-state index contributed by atoms with van der Waals surface area (Å²) in [5, 5.41) is 0. The SMILES string of the molecule is CC(C)COC(=O)COI. The van der Waals surface area contributed by atoms with Crippen molar-refractivity contribution in [3.05, 3.63) is 0 Å². The Labute approximate surface area is 74.8 Å². The first kappa shape index (κ1) is 10.2. The average molecular weight is 258 g/mol. The zero-order valence-electron chi connectivity index (χ0n) is 6.09. The smallest absolute Gasteiger partial charge is 0.333 e. The molecule has 10 heavy (non-hydrogen) atoms. The van der Waals surface area contributed by atoms with Gasteiger partial charge in [-0.1, -0.05) is 13.8 Å². The third kappa shape index (κ3) is 6.28. The van der Waals surface area contributed by atoms with E-state index in [0.717, 1.165) is 0 Å². The van der Waals surface area contributed by atoms with Crippen molar-refractivity contribution < 1.29 is 12.6 Å². The van der Waals surface area contributed by atoms with Crippen molar-refractivity contribution in [1.29, 1.82) is 0 Å². The van der Waals surface area contributed by atoms with E-state index in [4.69, 9.17) is 4.74 Å². The topological polar surface area (TPSA) is 35.5 Å². The minimum atomic E-state index is -0.303. The molecular weight excluding hydrogens is 247 g/mol. The number of rotatable bonds is 4. The van der Waals surface area contributed by atoms with Gasteiger partial charge in [-0.2, -0.15) is 0 Å². The van der Waals surface area contributed by atoms with Gasteiger partial charge in [0, 0.05) is 0 Å². The Morgan fingerprint density at radius 1 is 1.60 bits per heavy atom. The molecule has 0 saturated heterocycles. The van der Waals surface area contributed by atoms with Crippen LogP contribution in [0.2, 0.25) is 0 Å². The fourth-order valence-corrected chi connectivity index (χ4v) is 0.600. The zero-order chi connectivity index (χ0) is 7.98. The molecule has 0 aromatic rings. The highest BCUT2D eigenvalue weighted by molar-refractivity contribution is 14.1. The second-order valence-corrected chi connectivity index (χ2v) is 2.95.